The Balaban J connectivity index is 1.54. The summed E-state index contributed by atoms with van der Waals surface area (Å²) in [6.45, 7) is 0. The number of pyridine rings is 1. The lowest BCUT2D eigenvalue weighted by atomic mass is 9.53. The number of alkyl halides is 1. The van der Waals surface area contributed by atoms with Gasteiger partial charge in [-0.1, -0.05) is 0 Å². The van der Waals surface area contributed by atoms with Crippen LogP contribution in [0.2, 0.25) is 0 Å². The predicted molar refractivity (Wildman–Crippen MR) is 94.3 cm³/mol. The van der Waals surface area contributed by atoms with Crippen LogP contribution in [0.5, 0.6) is 0 Å². The standard InChI is InChI=1S/C19H23FN4O/c1-21-18(25)14-9-23-17-13(2-3-22-17)16(14)24-15-11-4-10-5-12(15)8-19(20,6-10)7-11/h2-3,9-12,15H,4-8H2,1H3,(H,21,25)(H2,22,23,24)/t10?,11-,12+,15-,19-. The summed E-state index contributed by atoms with van der Waals surface area (Å²) < 4.78 is 15.0. The molecule has 0 radical (unpaired) electrons. The van der Waals surface area contributed by atoms with Gasteiger partial charge in [0.25, 0.3) is 5.91 Å². The summed E-state index contributed by atoms with van der Waals surface area (Å²) in [4.78, 5) is 19.8. The monoisotopic (exact) mass is 342 g/mol. The van der Waals surface area contributed by atoms with Crippen LogP contribution >= 0.6 is 0 Å². The van der Waals surface area contributed by atoms with Crippen LogP contribution in [0.3, 0.4) is 0 Å². The first-order chi connectivity index (χ1) is 12.1. The highest BCUT2D eigenvalue weighted by Gasteiger charge is 2.56. The van der Waals surface area contributed by atoms with E-state index >= 15 is 0 Å². The largest absolute Gasteiger partial charge is 0.380 e. The van der Waals surface area contributed by atoms with Crippen molar-refractivity contribution in [2.45, 2.75) is 43.8 Å². The van der Waals surface area contributed by atoms with E-state index in [-0.39, 0.29) is 11.9 Å². The molecule has 0 saturated heterocycles. The molecule has 6 rings (SSSR count). The van der Waals surface area contributed by atoms with Crippen LogP contribution in [-0.2, 0) is 0 Å². The van der Waals surface area contributed by atoms with Gasteiger partial charge in [-0.2, -0.15) is 0 Å². The Labute approximate surface area is 145 Å². The highest BCUT2D eigenvalue weighted by atomic mass is 19.1. The number of halogens is 1. The van der Waals surface area contributed by atoms with Gasteiger partial charge in [-0.15, -0.1) is 0 Å². The van der Waals surface area contributed by atoms with Crippen molar-refractivity contribution in [2.24, 2.45) is 17.8 Å². The molecule has 5 atom stereocenters. The van der Waals surface area contributed by atoms with Crippen molar-refractivity contribution in [1.82, 2.24) is 15.3 Å². The van der Waals surface area contributed by atoms with Crippen LogP contribution in [0.4, 0.5) is 10.1 Å². The summed E-state index contributed by atoms with van der Waals surface area (Å²) in [5.41, 5.74) is 1.20. The first-order valence-electron chi connectivity index (χ1n) is 9.20. The van der Waals surface area contributed by atoms with Gasteiger partial charge in [0.15, 0.2) is 0 Å². The second-order valence-electron chi connectivity index (χ2n) is 8.16. The van der Waals surface area contributed by atoms with E-state index in [4.69, 9.17) is 0 Å². The van der Waals surface area contributed by atoms with Crippen molar-refractivity contribution >= 4 is 22.6 Å². The molecule has 1 amide bonds. The van der Waals surface area contributed by atoms with Gasteiger partial charge in [-0.3, -0.25) is 4.79 Å². The van der Waals surface area contributed by atoms with Crippen molar-refractivity contribution in [3.8, 4) is 0 Å². The Morgan fingerprint density at radius 1 is 1.32 bits per heavy atom. The Morgan fingerprint density at radius 3 is 2.76 bits per heavy atom. The highest BCUT2D eigenvalue weighted by molar-refractivity contribution is 6.06. The number of H-pyrrole nitrogens is 1. The van der Waals surface area contributed by atoms with E-state index in [9.17, 15) is 9.18 Å². The number of aromatic nitrogens is 2. The number of amides is 1. The molecule has 25 heavy (non-hydrogen) atoms. The second kappa shape index (κ2) is 5.19. The fourth-order valence-corrected chi connectivity index (χ4v) is 5.80. The average molecular weight is 342 g/mol. The van der Waals surface area contributed by atoms with Gasteiger partial charge < -0.3 is 15.6 Å². The normalized spacial score (nSPS) is 35.9. The number of aromatic amines is 1. The summed E-state index contributed by atoms with van der Waals surface area (Å²) in [6.07, 6.45) is 7.75. The van der Waals surface area contributed by atoms with Crippen molar-refractivity contribution in [2.75, 3.05) is 12.4 Å². The van der Waals surface area contributed by atoms with Crippen LogP contribution in [-0.4, -0.2) is 34.6 Å². The number of hydrogen-bond acceptors (Lipinski definition) is 3. The Bertz CT molecular complexity index is 831. The third-order valence-corrected chi connectivity index (χ3v) is 6.57. The van der Waals surface area contributed by atoms with Crippen LogP contribution in [0.25, 0.3) is 11.0 Å². The number of nitrogens with zero attached hydrogens (tertiary/aromatic N) is 1. The molecule has 2 heterocycles. The second-order valence-corrected chi connectivity index (χ2v) is 8.16. The molecule has 1 unspecified atom stereocenters. The lowest BCUT2D eigenvalue weighted by molar-refractivity contribution is -0.0800. The summed E-state index contributed by atoms with van der Waals surface area (Å²) in [6, 6.07) is 2.19. The molecule has 4 aliphatic carbocycles. The number of fused-ring (bicyclic) bond motifs is 1. The molecule has 3 N–H and O–H groups in total. The van der Waals surface area contributed by atoms with Crippen LogP contribution < -0.4 is 10.6 Å². The van der Waals surface area contributed by atoms with Crippen LogP contribution in [0.1, 0.15) is 42.5 Å². The number of rotatable bonds is 3. The fraction of sp³-hybridized carbons (Fsp3) is 0.579. The van der Waals surface area contributed by atoms with E-state index < -0.39 is 5.67 Å². The van der Waals surface area contributed by atoms with Crippen molar-refractivity contribution in [3.05, 3.63) is 24.0 Å². The van der Waals surface area contributed by atoms with Crippen LogP contribution in [0, 0.1) is 17.8 Å². The molecule has 2 aromatic heterocycles. The van der Waals surface area contributed by atoms with Gasteiger partial charge in [-0.05, 0) is 55.9 Å². The van der Waals surface area contributed by atoms with Crippen molar-refractivity contribution < 1.29 is 9.18 Å². The molecular formula is C19H23FN4O. The Hall–Kier alpha value is -2.11. The zero-order chi connectivity index (χ0) is 17.2. The maximum Gasteiger partial charge on any atom is 0.254 e. The lowest BCUT2D eigenvalue weighted by Gasteiger charge is -2.57. The molecule has 5 nitrogen and oxygen atoms in total. The summed E-state index contributed by atoms with van der Waals surface area (Å²) >= 11 is 0. The van der Waals surface area contributed by atoms with Gasteiger partial charge >= 0.3 is 0 Å². The van der Waals surface area contributed by atoms with Crippen LogP contribution in [0.15, 0.2) is 18.5 Å². The van der Waals surface area contributed by atoms with Gasteiger partial charge in [0.2, 0.25) is 0 Å². The molecule has 132 valence electrons. The maximum atomic E-state index is 15.0. The van der Waals surface area contributed by atoms with Gasteiger partial charge in [0.05, 0.1) is 11.3 Å². The number of hydrogen-bond donors (Lipinski definition) is 3. The molecule has 4 saturated carbocycles. The Kier molecular flexibility index (Phi) is 3.15. The number of carbonyl (C=O) groups is 1. The van der Waals surface area contributed by atoms with E-state index in [1.165, 1.54) is 0 Å². The third-order valence-electron chi connectivity index (χ3n) is 6.57. The van der Waals surface area contributed by atoms with E-state index in [0.29, 0.717) is 36.2 Å². The third kappa shape index (κ3) is 2.26. The minimum atomic E-state index is -0.944. The molecule has 4 bridgehead atoms. The number of anilines is 1. The maximum absolute atomic E-state index is 15.0. The fourth-order valence-electron chi connectivity index (χ4n) is 5.80. The van der Waals surface area contributed by atoms with Crippen molar-refractivity contribution in [1.29, 1.82) is 0 Å². The van der Waals surface area contributed by atoms with E-state index in [0.717, 1.165) is 36.0 Å². The molecule has 4 fully saturated rings. The molecule has 4 aliphatic rings. The van der Waals surface area contributed by atoms with E-state index in [2.05, 4.69) is 20.6 Å². The van der Waals surface area contributed by atoms with Crippen molar-refractivity contribution in [3.63, 3.8) is 0 Å². The lowest BCUT2D eigenvalue weighted by Crippen LogP contribution is -2.57. The molecule has 6 heteroatoms. The Morgan fingerprint density at radius 2 is 2.08 bits per heavy atom. The molecule has 0 spiro atoms. The minimum absolute atomic E-state index is 0.149. The molecule has 2 aromatic rings. The number of nitrogens with one attached hydrogen (secondary N) is 3. The van der Waals surface area contributed by atoms with Gasteiger partial charge in [-0.25, -0.2) is 9.37 Å². The SMILES string of the molecule is CNC(=O)c1cnc2[nH]ccc2c1N[C@@H]1[C@@H]2CC3C[C@H]1C[C@@](F)(C3)C2. The number of carbonyl (C=O) groups excluding carboxylic acids is 1. The van der Waals surface area contributed by atoms with Gasteiger partial charge in [0, 0.05) is 30.9 Å². The highest BCUT2D eigenvalue weighted by Crippen LogP contribution is 2.58. The van der Waals surface area contributed by atoms with E-state index in [1.807, 2.05) is 12.3 Å². The topological polar surface area (TPSA) is 69.8 Å². The quantitative estimate of drug-likeness (QED) is 0.802. The molecule has 0 aromatic carbocycles. The molecule has 0 aliphatic heterocycles. The first kappa shape index (κ1) is 15.2. The first-order valence-corrected chi connectivity index (χ1v) is 9.20. The smallest absolute Gasteiger partial charge is 0.254 e. The predicted octanol–water partition coefficient (Wildman–Crippen LogP) is 3.25. The van der Waals surface area contributed by atoms with Gasteiger partial charge in [0.1, 0.15) is 11.3 Å². The zero-order valence-electron chi connectivity index (χ0n) is 14.3. The average Bonchev–Trinajstić information content (AvgIpc) is 3.04. The van der Waals surface area contributed by atoms with E-state index in [1.54, 1.807) is 13.2 Å². The summed E-state index contributed by atoms with van der Waals surface area (Å²) in [5.74, 6) is 1.11. The molecular weight excluding hydrogens is 319 g/mol. The summed E-state index contributed by atoms with van der Waals surface area (Å²) in [5, 5.41) is 7.29. The zero-order valence-corrected chi connectivity index (χ0v) is 14.3. The minimum Gasteiger partial charge on any atom is -0.380 e. The summed E-state index contributed by atoms with van der Waals surface area (Å²) in [7, 11) is 1.63.